The minimum atomic E-state index is 0.350. The first-order valence-electron chi connectivity index (χ1n) is 3.39. The first-order valence-corrected chi connectivity index (χ1v) is 3.39. The highest BCUT2D eigenvalue weighted by Gasteiger charge is 1.87. The van der Waals surface area contributed by atoms with E-state index in [4.69, 9.17) is 0 Å². The van der Waals surface area contributed by atoms with Gasteiger partial charge in [-0.2, -0.15) is 0 Å². The van der Waals surface area contributed by atoms with Gasteiger partial charge < -0.3 is 0 Å². The van der Waals surface area contributed by atoms with Gasteiger partial charge in [0.05, 0.1) is 0 Å². The van der Waals surface area contributed by atoms with Crippen LogP contribution < -0.4 is 0 Å². The molecule has 0 heteroatoms. The summed E-state index contributed by atoms with van der Waals surface area (Å²) in [7, 11) is 0. The summed E-state index contributed by atoms with van der Waals surface area (Å²) in [6.45, 7) is 9.28. The van der Waals surface area contributed by atoms with E-state index in [0.29, 0.717) is 5.92 Å². The highest BCUT2D eigenvalue weighted by molar-refractivity contribution is 5.11. The Labute approximate surface area is 63.3 Å². The molecule has 0 fully saturated rings. The van der Waals surface area contributed by atoms with E-state index in [0.717, 1.165) is 0 Å². The molecule has 0 saturated heterocycles. The van der Waals surface area contributed by atoms with E-state index in [9.17, 15) is 0 Å². The molecule has 0 aliphatic carbocycles. The molecule has 54 valence electrons. The maximum atomic E-state index is 3.70. The molecule has 1 atom stereocenters. The number of allylic oxidation sites excluding steroid dienone is 6. The lowest BCUT2D eigenvalue weighted by Crippen LogP contribution is -1.82. The van der Waals surface area contributed by atoms with Crippen LogP contribution in [0.3, 0.4) is 0 Å². The predicted molar refractivity (Wildman–Crippen MR) is 47.8 cm³/mol. The normalized spacial score (nSPS) is 14.1. The smallest absolute Gasteiger partial charge is 0.0127 e. The van der Waals surface area contributed by atoms with Crippen LogP contribution in [0.1, 0.15) is 6.92 Å². The Morgan fingerprint density at radius 3 is 2.30 bits per heavy atom. The van der Waals surface area contributed by atoms with Gasteiger partial charge in [-0.25, -0.2) is 0 Å². The van der Waals surface area contributed by atoms with E-state index in [1.165, 1.54) is 0 Å². The number of hydrogen-bond acceptors (Lipinski definition) is 0. The summed E-state index contributed by atoms with van der Waals surface area (Å²) in [5.41, 5.74) is 0. The Kier molecular flexibility index (Phi) is 5.45. The molecule has 0 bridgehead atoms. The molecule has 0 heterocycles. The fourth-order valence-electron chi connectivity index (χ4n) is 0.650. The molecule has 0 aromatic carbocycles. The summed E-state index contributed by atoms with van der Waals surface area (Å²) in [6.07, 6.45) is 11.7. The predicted octanol–water partition coefficient (Wildman–Crippen LogP) is 3.11. The summed E-state index contributed by atoms with van der Waals surface area (Å²) in [5.74, 6) is 0.350. The van der Waals surface area contributed by atoms with Gasteiger partial charge in [0.2, 0.25) is 0 Å². The lowest BCUT2D eigenvalue weighted by atomic mass is 10.1. The van der Waals surface area contributed by atoms with Crippen molar-refractivity contribution >= 4 is 0 Å². The van der Waals surface area contributed by atoms with Crippen LogP contribution in [0.4, 0.5) is 0 Å². The molecule has 10 heavy (non-hydrogen) atoms. The topological polar surface area (TPSA) is 0 Å². The van der Waals surface area contributed by atoms with Crippen LogP contribution in [-0.2, 0) is 0 Å². The molecule has 0 aliphatic rings. The van der Waals surface area contributed by atoms with Crippen molar-refractivity contribution in [2.45, 2.75) is 6.92 Å². The van der Waals surface area contributed by atoms with E-state index in [1.807, 2.05) is 31.2 Å². The summed E-state index contributed by atoms with van der Waals surface area (Å²) >= 11 is 0. The first-order chi connectivity index (χ1) is 4.85. The maximum Gasteiger partial charge on any atom is 0.0127 e. The van der Waals surface area contributed by atoms with E-state index in [1.54, 1.807) is 6.08 Å². The van der Waals surface area contributed by atoms with Crippen LogP contribution in [0.2, 0.25) is 0 Å². The van der Waals surface area contributed by atoms with Crippen molar-refractivity contribution in [2.24, 2.45) is 5.92 Å². The monoisotopic (exact) mass is 134 g/mol. The zero-order valence-corrected chi connectivity index (χ0v) is 6.46. The van der Waals surface area contributed by atoms with Crippen LogP contribution >= 0.6 is 0 Å². The third-order valence-electron chi connectivity index (χ3n) is 1.16. The zero-order chi connectivity index (χ0) is 7.82. The van der Waals surface area contributed by atoms with E-state index in [2.05, 4.69) is 19.2 Å². The van der Waals surface area contributed by atoms with Crippen molar-refractivity contribution in [3.05, 3.63) is 49.6 Å². The van der Waals surface area contributed by atoms with Crippen LogP contribution in [0.15, 0.2) is 49.6 Å². The second kappa shape index (κ2) is 6.09. The Morgan fingerprint density at radius 2 is 1.90 bits per heavy atom. The molecule has 0 rings (SSSR count). The molecule has 0 amide bonds. The van der Waals surface area contributed by atoms with E-state index in [-0.39, 0.29) is 0 Å². The van der Waals surface area contributed by atoms with Gasteiger partial charge >= 0.3 is 0 Å². The largest absolute Gasteiger partial charge is 0.102 e. The van der Waals surface area contributed by atoms with Crippen molar-refractivity contribution < 1.29 is 0 Å². The highest BCUT2D eigenvalue weighted by atomic mass is 13.9. The van der Waals surface area contributed by atoms with Gasteiger partial charge in [-0.05, 0) is 6.92 Å². The maximum absolute atomic E-state index is 3.70. The van der Waals surface area contributed by atoms with Gasteiger partial charge in [-0.15, -0.1) is 6.58 Å². The van der Waals surface area contributed by atoms with Gasteiger partial charge in [-0.3, -0.25) is 0 Å². The lowest BCUT2D eigenvalue weighted by molar-refractivity contribution is 1.07. The zero-order valence-electron chi connectivity index (χ0n) is 6.46. The second-order valence-electron chi connectivity index (χ2n) is 1.96. The number of rotatable bonds is 4. The Morgan fingerprint density at radius 1 is 1.20 bits per heavy atom. The Hall–Kier alpha value is -1.04. The summed E-state index contributed by atoms with van der Waals surface area (Å²) < 4.78 is 0. The second-order valence-corrected chi connectivity index (χ2v) is 1.96. The Bertz CT molecular complexity index is 149. The molecule has 0 N–H and O–H groups in total. The van der Waals surface area contributed by atoms with Gasteiger partial charge in [0.15, 0.2) is 0 Å². The van der Waals surface area contributed by atoms with E-state index < -0.39 is 0 Å². The molecule has 0 aliphatic heterocycles. The fraction of sp³-hybridized carbons (Fsp3) is 0.200. The number of hydrogen-bond donors (Lipinski definition) is 0. The minimum absolute atomic E-state index is 0.350. The summed E-state index contributed by atoms with van der Waals surface area (Å²) in [6, 6.07) is 0. The van der Waals surface area contributed by atoms with Crippen molar-refractivity contribution in [1.29, 1.82) is 0 Å². The summed E-state index contributed by atoms with van der Waals surface area (Å²) in [4.78, 5) is 0. The van der Waals surface area contributed by atoms with Gasteiger partial charge in [0.25, 0.3) is 0 Å². The molecule has 0 aromatic rings. The molecular weight excluding hydrogens is 120 g/mol. The molecule has 0 aromatic heterocycles. The average Bonchev–Trinajstić information content (AvgIpc) is 1.98. The van der Waals surface area contributed by atoms with Crippen LogP contribution in [0.5, 0.6) is 0 Å². The van der Waals surface area contributed by atoms with Gasteiger partial charge in [-0.1, -0.05) is 43.0 Å². The molecule has 1 unspecified atom stereocenters. The van der Waals surface area contributed by atoms with Crippen LogP contribution in [0, 0.1) is 5.92 Å². The minimum Gasteiger partial charge on any atom is -0.102 e. The average molecular weight is 134 g/mol. The van der Waals surface area contributed by atoms with Crippen molar-refractivity contribution in [1.82, 2.24) is 0 Å². The molecule has 0 radical (unpaired) electrons. The molecule has 0 saturated carbocycles. The van der Waals surface area contributed by atoms with Crippen LogP contribution in [0.25, 0.3) is 0 Å². The van der Waals surface area contributed by atoms with Crippen molar-refractivity contribution in [3.8, 4) is 0 Å². The standard InChI is InChI=1S/C10H14/c1-4-7-9-10(6-3)8-5-2/h4-10H,1,3H2,2H3. The van der Waals surface area contributed by atoms with Crippen LogP contribution in [-0.4, -0.2) is 0 Å². The first kappa shape index (κ1) is 8.96. The quantitative estimate of drug-likeness (QED) is 0.409. The van der Waals surface area contributed by atoms with Crippen molar-refractivity contribution in [3.63, 3.8) is 0 Å². The van der Waals surface area contributed by atoms with Crippen molar-refractivity contribution in [2.75, 3.05) is 0 Å². The fourth-order valence-corrected chi connectivity index (χ4v) is 0.650. The molecular formula is C10H14. The third-order valence-corrected chi connectivity index (χ3v) is 1.16. The third kappa shape index (κ3) is 3.90. The van der Waals surface area contributed by atoms with Gasteiger partial charge in [0.1, 0.15) is 0 Å². The molecule has 0 nitrogen and oxygen atoms in total. The summed E-state index contributed by atoms with van der Waals surface area (Å²) in [5, 5.41) is 0. The SMILES string of the molecule is C=CC=CC(C=C)C=CC. The van der Waals surface area contributed by atoms with Gasteiger partial charge in [0, 0.05) is 5.92 Å². The lowest BCUT2D eigenvalue weighted by Gasteiger charge is -1.95. The molecule has 0 spiro atoms. The Balaban J connectivity index is 3.93. The highest BCUT2D eigenvalue weighted by Crippen LogP contribution is 2.01. The van der Waals surface area contributed by atoms with E-state index >= 15 is 0 Å².